The zero-order valence-electron chi connectivity index (χ0n) is 18.2. The van der Waals surface area contributed by atoms with Crippen LogP contribution >= 0.6 is 0 Å². The number of halogens is 1. The van der Waals surface area contributed by atoms with Crippen molar-refractivity contribution >= 4 is 12.7 Å². The van der Waals surface area contributed by atoms with Crippen LogP contribution in [-0.2, 0) is 10.5 Å². The third-order valence-electron chi connectivity index (χ3n) is 5.99. The van der Waals surface area contributed by atoms with Crippen molar-refractivity contribution in [1.82, 2.24) is 10.1 Å². The molecule has 1 saturated heterocycles. The molecule has 2 atom stereocenters. The average Bonchev–Trinajstić information content (AvgIpc) is 3.30. The van der Waals surface area contributed by atoms with E-state index >= 15 is 0 Å². The molecule has 0 bridgehead atoms. The monoisotopic (exact) mass is 452 g/mol. The second-order valence-electron chi connectivity index (χ2n) is 7.89. The van der Waals surface area contributed by atoms with E-state index in [1.165, 1.54) is 6.07 Å². The van der Waals surface area contributed by atoms with Crippen LogP contribution in [0.1, 0.15) is 40.2 Å². The van der Waals surface area contributed by atoms with Crippen LogP contribution in [0.15, 0.2) is 58.0 Å². The van der Waals surface area contributed by atoms with Gasteiger partial charge in [0.1, 0.15) is 11.4 Å². The normalized spacial score (nSPS) is 17.3. The SMILES string of the molecule is C=NC(N)(c1noc(C(C)c2ccc(-c3ccccc3)c(F)c2)c1C(=O)O)N1CCOCC1. The molecule has 3 N–H and O–H groups in total. The van der Waals surface area contributed by atoms with Crippen LogP contribution in [0, 0.1) is 5.82 Å². The Balaban J connectivity index is 1.72. The molecule has 33 heavy (non-hydrogen) atoms. The number of aromatic nitrogens is 1. The zero-order chi connectivity index (χ0) is 23.6. The largest absolute Gasteiger partial charge is 0.477 e. The fourth-order valence-electron chi connectivity index (χ4n) is 4.09. The van der Waals surface area contributed by atoms with Crippen LogP contribution in [0.5, 0.6) is 0 Å². The molecular weight excluding hydrogens is 427 g/mol. The molecule has 0 amide bonds. The summed E-state index contributed by atoms with van der Waals surface area (Å²) in [7, 11) is 0. The van der Waals surface area contributed by atoms with E-state index in [2.05, 4.69) is 16.9 Å². The summed E-state index contributed by atoms with van der Waals surface area (Å²) in [4.78, 5) is 18.0. The van der Waals surface area contributed by atoms with Crippen LogP contribution < -0.4 is 5.73 Å². The van der Waals surface area contributed by atoms with Crippen molar-refractivity contribution in [2.45, 2.75) is 18.6 Å². The minimum Gasteiger partial charge on any atom is -0.477 e. The lowest BCUT2D eigenvalue weighted by Gasteiger charge is -2.38. The Bertz CT molecular complexity index is 1160. The van der Waals surface area contributed by atoms with Crippen molar-refractivity contribution in [3.63, 3.8) is 0 Å². The van der Waals surface area contributed by atoms with Gasteiger partial charge >= 0.3 is 5.97 Å². The van der Waals surface area contributed by atoms with Gasteiger partial charge in [0, 0.05) is 24.6 Å². The Hall–Kier alpha value is -3.40. The number of ether oxygens (including phenoxy) is 1. The van der Waals surface area contributed by atoms with E-state index in [1.807, 2.05) is 30.3 Å². The number of rotatable bonds is 7. The van der Waals surface area contributed by atoms with Crippen LogP contribution in [0.25, 0.3) is 11.1 Å². The highest BCUT2D eigenvalue weighted by Gasteiger charge is 2.43. The summed E-state index contributed by atoms with van der Waals surface area (Å²) in [6, 6.07) is 14.0. The first-order chi connectivity index (χ1) is 15.9. The first-order valence-corrected chi connectivity index (χ1v) is 10.5. The number of aromatic carboxylic acids is 1. The number of benzene rings is 2. The molecule has 0 aliphatic carbocycles. The number of aliphatic imine (C=N–C) groups is 1. The van der Waals surface area contributed by atoms with Gasteiger partial charge in [-0.2, -0.15) is 0 Å². The van der Waals surface area contributed by atoms with Gasteiger partial charge < -0.3 is 14.4 Å². The molecule has 1 aliphatic heterocycles. The maximum absolute atomic E-state index is 14.9. The molecular formula is C24H25FN4O4. The summed E-state index contributed by atoms with van der Waals surface area (Å²) < 4.78 is 25.8. The minimum atomic E-state index is -1.60. The molecule has 172 valence electrons. The molecule has 3 aromatic rings. The van der Waals surface area contributed by atoms with Crippen LogP contribution in [0.2, 0.25) is 0 Å². The number of morpholine rings is 1. The fourth-order valence-corrected chi connectivity index (χ4v) is 4.09. The summed E-state index contributed by atoms with van der Waals surface area (Å²) in [6.45, 7) is 6.99. The quantitative estimate of drug-likeness (QED) is 0.528. The third-order valence-corrected chi connectivity index (χ3v) is 5.99. The van der Waals surface area contributed by atoms with E-state index in [9.17, 15) is 14.3 Å². The van der Waals surface area contributed by atoms with Gasteiger partial charge in [-0.05, 0) is 23.9 Å². The Kier molecular flexibility index (Phi) is 6.37. The lowest BCUT2D eigenvalue weighted by molar-refractivity contribution is -0.0225. The van der Waals surface area contributed by atoms with Crippen LogP contribution in [0.4, 0.5) is 4.39 Å². The Morgan fingerprint density at radius 1 is 1.27 bits per heavy atom. The molecule has 1 aliphatic rings. The molecule has 0 spiro atoms. The topological polar surface area (TPSA) is 114 Å². The zero-order valence-corrected chi connectivity index (χ0v) is 18.2. The van der Waals surface area contributed by atoms with E-state index in [0.29, 0.717) is 37.4 Å². The number of hydrogen-bond donors (Lipinski definition) is 2. The van der Waals surface area contributed by atoms with Crippen molar-refractivity contribution in [3.8, 4) is 11.1 Å². The van der Waals surface area contributed by atoms with Gasteiger partial charge in [0.15, 0.2) is 11.5 Å². The number of hydrogen-bond acceptors (Lipinski definition) is 7. The Morgan fingerprint density at radius 3 is 2.58 bits per heavy atom. The van der Waals surface area contributed by atoms with E-state index < -0.39 is 23.5 Å². The van der Waals surface area contributed by atoms with Crippen molar-refractivity contribution in [2.24, 2.45) is 10.7 Å². The molecule has 0 radical (unpaired) electrons. The fraction of sp³-hybridized carbons (Fsp3) is 0.292. The lowest BCUT2D eigenvalue weighted by atomic mass is 9.92. The van der Waals surface area contributed by atoms with E-state index in [-0.39, 0.29) is 17.0 Å². The number of carboxylic acid groups (broad SMARTS) is 1. The maximum Gasteiger partial charge on any atom is 0.341 e. The van der Waals surface area contributed by atoms with Crippen molar-refractivity contribution in [3.05, 3.63) is 76.9 Å². The molecule has 0 saturated carbocycles. The van der Waals surface area contributed by atoms with Gasteiger partial charge in [-0.3, -0.25) is 15.6 Å². The first kappa shape index (κ1) is 22.8. The predicted molar refractivity (Wildman–Crippen MR) is 121 cm³/mol. The summed E-state index contributed by atoms with van der Waals surface area (Å²) in [6.07, 6.45) is 0. The van der Waals surface area contributed by atoms with Crippen molar-refractivity contribution in [1.29, 1.82) is 0 Å². The van der Waals surface area contributed by atoms with Crippen LogP contribution in [-0.4, -0.2) is 54.2 Å². The van der Waals surface area contributed by atoms with Crippen molar-refractivity contribution < 1.29 is 23.6 Å². The predicted octanol–water partition coefficient (Wildman–Crippen LogP) is 3.43. The lowest BCUT2D eigenvalue weighted by Crippen LogP contribution is -2.56. The summed E-state index contributed by atoms with van der Waals surface area (Å²) >= 11 is 0. The number of nitrogens with zero attached hydrogens (tertiary/aromatic N) is 3. The second-order valence-corrected chi connectivity index (χ2v) is 7.89. The van der Waals surface area contributed by atoms with E-state index in [1.54, 1.807) is 24.0 Å². The molecule has 8 nitrogen and oxygen atoms in total. The maximum atomic E-state index is 14.9. The summed E-state index contributed by atoms with van der Waals surface area (Å²) in [5, 5.41) is 14.0. The second kappa shape index (κ2) is 9.22. The number of carboxylic acids is 1. The van der Waals surface area contributed by atoms with Crippen LogP contribution in [0.3, 0.4) is 0 Å². The molecule has 4 rings (SSSR count). The first-order valence-electron chi connectivity index (χ1n) is 10.5. The highest BCUT2D eigenvalue weighted by atomic mass is 19.1. The highest BCUT2D eigenvalue weighted by molar-refractivity contribution is 5.90. The summed E-state index contributed by atoms with van der Waals surface area (Å²) in [5.41, 5.74) is 7.98. The standard InChI is InChI=1S/C24H25FN4O4/c1-15(17-8-9-18(19(25)14-17)16-6-4-3-5-7-16)21-20(23(30)31)22(28-33-21)24(26,27-2)29-10-12-32-13-11-29/h3-9,14-15H,2,10-13,26H2,1H3,(H,30,31). The highest BCUT2D eigenvalue weighted by Crippen LogP contribution is 2.36. The van der Waals surface area contributed by atoms with Crippen molar-refractivity contribution in [2.75, 3.05) is 26.3 Å². The Morgan fingerprint density at radius 2 is 1.97 bits per heavy atom. The molecule has 1 aromatic heterocycles. The molecule has 2 unspecified atom stereocenters. The number of carbonyl (C=O) groups is 1. The van der Waals surface area contributed by atoms with E-state index in [0.717, 1.165) is 5.56 Å². The smallest absolute Gasteiger partial charge is 0.341 e. The Labute approximate surface area is 190 Å². The van der Waals surface area contributed by atoms with Gasteiger partial charge in [0.25, 0.3) is 0 Å². The summed E-state index contributed by atoms with van der Waals surface area (Å²) in [5.74, 6) is -3.81. The molecule has 2 aromatic carbocycles. The van der Waals surface area contributed by atoms with Gasteiger partial charge in [-0.1, -0.05) is 54.5 Å². The minimum absolute atomic E-state index is 0.0462. The van der Waals surface area contributed by atoms with Gasteiger partial charge in [-0.25, -0.2) is 9.18 Å². The van der Waals surface area contributed by atoms with E-state index in [4.69, 9.17) is 15.0 Å². The molecule has 1 fully saturated rings. The number of nitrogens with two attached hydrogens (primary N) is 1. The molecule has 9 heteroatoms. The van der Waals surface area contributed by atoms with Gasteiger partial charge in [0.2, 0.25) is 5.79 Å². The average molecular weight is 452 g/mol. The van der Waals surface area contributed by atoms with Gasteiger partial charge in [0.05, 0.1) is 13.2 Å². The molecule has 2 heterocycles. The van der Waals surface area contributed by atoms with Gasteiger partial charge in [-0.15, -0.1) is 0 Å². The third kappa shape index (κ3) is 4.18.